The number of nitrogens with zero attached hydrogens (tertiary/aromatic N) is 2. The largest absolute Gasteiger partial charge is 0.497 e. The van der Waals surface area contributed by atoms with E-state index in [9.17, 15) is 4.39 Å². The minimum atomic E-state index is -0.451. The molecule has 0 saturated carbocycles. The van der Waals surface area contributed by atoms with Crippen molar-refractivity contribution in [2.75, 3.05) is 32.6 Å². The highest BCUT2D eigenvalue weighted by molar-refractivity contribution is 5.34. The van der Waals surface area contributed by atoms with E-state index in [0.717, 1.165) is 25.3 Å². The lowest BCUT2D eigenvalue weighted by atomic mass is 9.85. The maximum absolute atomic E-state index is 13.2. The van der Waals surface area contributed by atoms with Gasteiger partial charge in [0.05, 0.1) is 7.11 Å². The number of methoxy groups -OCH3 is 1. The van der Waals surface area contributed by atoms with Gasteiger partial charge in [0, 0.05) is 12.6 Å². The van der Waals surface area contributed by atoms with E-state index >= 15 is 0 Å². The van der Waals surface area contributed by atoms with Crippen LogP contribution in [-0.4, -0.2) is 37.1 Å². The van der Waals surface area contributed by atoms with Crippen molar-refractivity contribution >= 4 is 5.82 Å². The monoisotopic (exact) mass is 329 g/mol. The van der Waals surface area contributed by atoms with Crippen molar-refractivity contribution in [3.8, 4) is 5.75 Å². The summed E-state index contributed by atoms with van der Waals surface area (Å²) in [6, 6.07) is 13.5. The van der Waals surface area contributed by atoms with Crippen LogP contribution in [0, 0.1) is 11.9 Å². The number of halogens is 1. The minimum Gasteiger partial charge on any atom is -0.497 e. The summed E-state index contributed by atoms with van der Waals surface area (Å²) in [4.78, 5) is 6.29. The van der Waals surface area contributed by atoms with Gasteiger partial charge in [-0.15, -0.1) is 0 Å². The van der Waals surface area contributed by atoms with Crippen molar-refractivity contribution < 1.29 is 9.13 Å². The van der Waals surface area contributed by atoms with Crippen LogP contribution in [0.1, 0.15) is 24.4 Å². The van der Waals surface area contributed by atoms with E-state index in [1.807, 2.05) is 12.1 Å². The Labute approximate surface area is 142 Å². The van der Waals surface area contributed by atoms with Gasteiger partial charge in [-0.05, 0) is 62.2 Å². The highest BCUT2D eigenvalue weighted by Crippen LogP contribution is 2.35. The molecule has 1 aromatic heterocycles. The summed E-state index contributed by atoms with van der Waals surface area (Å²) < 4.78 is 18.5. The van der Waals surface area contributed by atoms with E-state index in [-0.39, 0.29) is 0 Å². The van der Waals surface area contributed by atoms with Crippen LogP contribution in [0.4, 0.5) is 10.2 Å². The maximum Gasteiger partial charge on any atom is 0.214 e. The summed E-state index contributed by atoms with van der Waals surface area (Å²) in [7, 11) is 3.85. The molecule has 0 amide bonds. The van der Waals surface area contributed by atoms with Gasteiger partial charge in [-0.25, -0.2) is 4.98 Å². The summed E-state index contributed by atoms with van der Waals surface area (Å²) in [5, 5.41) is 3.30. The molecular weight excluding hydrogens is 305 g/mol. The standard InChI is InChI=1S/C19H24FN3O/c1-23-12-4-5-15(13-21-18-7-3-6-17(20)22-18)19(23)14-8-10-16(24-2)11-9-14/h3,6-11,15,19H,4-5,12-13H2,1-2H3,(H,21,22). The van der Waals surface area contributed by atoms with Crippen molar-refractivity contribution in [2.24, 2.45) is 5.92 Å². The third-order valence-electron chi connectivity index (χ3n) is 4.72. The van der Waals surface area contributed by atoms with Crippen LogP contribution in [0.15, 0.2) is 42.5 Å². The molecule has 2 unspecified atom stereocenters. The fraction of sp³-hybridized carbons (Fsp3) is 0.421. The number of piperidine rings is 1. The van der Waals surface area contributed by atoms with Gasteiger partial charge < -0.3 is 10.1 Å². The number of nitrogens with one attached hydrogen (secondary N) is 1. The molecule has 4 nitrogen and oxygen atoms in total. The number of pyridine rings is 1. The molecule has 1 saturated heterocycles. The number of aromatic nitrogens is 1. The Morgan fingerprint density at radius 3 is 2.75 bits per heavy atom. The quantitative estimate of drug-likeness (QED) is 0.848. The highest BCUT2D eigenvalue weighted by Gasteiger charge is 2.30. The molecule has 2 atom stereocenters. The van der Waals surface area contributed by atoms with Gasteiger partial charge in [0.1, 0.15) is 11.6 Å². The number of hydrogen-bond acceptors (Lipinski definition) is 4. The number of anilines is 1. The lowest BCUT2D eigenvalue weighted by Gasteiger charge is -2.39. The molecule has 0 bridgehead atoms. The van der Waals surface area contributed by atoms with Gasteiger partial charge in [-0.2, -0.15) is 4.39 Å². The second-order valence-corrected chi connectivity index (χ2v) is 6.33. The third kappa shape index (κ3) is 3.85. The SMILES string of the molecule is COc1ccc(C2C(CNc3cccc(F)n3)CCCN2C)cc1. The first-order valence-corrected chi connectivity index (χ1v) is 8.38. The van der Waals surface area contributed by atoms with Gasteiger partial charge >= 0.3 is 0 Å². The zero-order valence-electron chi connectivity index (χ0n) is 14.2. The topological polar surface area (TPSA) is 37.4 Å². The van der Waals surface area contributed by atoms with Crippen LogP contribution >= 0.6 is 0 Å². The Bertz CT molecular complexity index is 662. The first kappa shape index (κ1) is 16.7. The van der Waals surface area contributed by atoms with Crippen molar-refractivity contribution in [1.82, 2.24) is 9.88 Å². The summed E-state index contributed by atoms with van der Waals surface area (Å²) in [5.74, 6) is 1.46. The first-order valence-electron chi connectivity index (χ1n) is 8.38. The molecule has 2 heterocycles. The Balaban J connectivity index is 1.73. The van der Waals surface area contributed by atoms with E-state index < -0.39 is 5.95 Å². The zero-order valence-corrected chi connectivity index (χ0v) is 14.2. The molecule has 1 aromatic carbocycles. The van der Waals surface area contributed by atoms with E-state index in [1.54, 1.807) is 19.2 Å². The maximum atomic E-state index is 13.2. The van der Waals surface area contributed by atoms with Gasteiger partial charge in [0.25, 0.3) is 0 Å². The number of likely N-dealkylation sites (tertiary alicyclic amines) is 1. The van der Waals surface area contributed by atoms with E-state index in [1.165, 1.54) is 18.1 Å². The number of rotatable bonds is 5. The molecular formula is C19H24FN3O. The normalized spacial score (nSPS) is 21.5. The van der Waals surface area contributed by atoms with Crippen molar-refractivity contribution in [1.29, 1.82) is 0 Å². The molecule has 1 aliphatic heterocycles. The van der Waals surface area contributed by atoms with Gasteiger partial charge in [-0.1, -0.05) is 18.2 Å². The number of ether oxygens (including phenoxy) is 1. The molecule has 0 radical (unpaired) electrons. The van der Waals surface area contributed by atoms with E-state index in [4.69, 9.17) is 4.74 Å². The first-order chi connectivity index (χ1) is 11.7. The van der Waals surface area contributed by atoms with Crippen molar-refractivity contribution in [3.63, 3.8) is 0 Å². The molecule has 1 N–H and O–H groups in total. The summed E-state index contributed by atoms with van der Waals surface area (Å²) in [6.07, 6.45) is 2.31. The molecule has 5 heteroatoms. The molecule has 3 rings (SSSR count). The second-order valence-electron chi connectivity index (χ2n) is 6.33. The Morgan fingerprint density at radius 1 is 1.25 bits per heavy atom. The van der Waals surface area contributed by atoms with Crippen LogP contribution in [-0.2, 0) is 0 Å². The molecule has 2 aromatic rings. The lowest BCUT2D eigenvalue weighted by molar-refractivity contribution is 0.128. The third-order valence-corrected chi connectivity index (χ3v) is 4.72. The van der Waals surface area contributed by atoms with Crippen LogP contribution in [0.2, 0.25) is 0 Å². The number of benzene rings is 1. The Hall–Kier alpha value is -2.14. The van der Waals surface area contributed by atoms with Crippen molar-refractivity contribution in [3.05, 3.63) is 54.0 Å². The van der Waals surface area contributed by atoms with Crippen LogP contribution < -0.4 is 10.1 Å². The van der Waals surface area contributed by atoms with E-state index in [0.29, 0.717) is 17.8 Å². The van der Waals surface area contributed by atoms with E-state index in [2.05, 4.69) is 34.4 Å². The fourth-order valence-corrected chi connectivity index (χ4v) is 3.54. The lowest BCUT2D eigenvalue weighted by Crippen LogP contribution is -2.39. The van der Waals surface area contributed by atoms with Gasteiger partial charge in [-0.3, -0.25) is 4.90 Å². The smallest absolute Gasteiger partial charge is 0.214 e. The van der Waals surface area contributed by atoms with Crippen molar-refractivity contribution in [2.45, 2.75) is 18.9 Å². The minimum absolute atomic E-state index is 0.339. The molecule has 1 fully saturated rings. The molecule has 128 valence electrons. The predicted molar refractivity (Wildman–Crippen MR) is 93.8 cm³/mol. The Morgan fingerprint density at radius 2 is 2.04 bits per heavy atom. The van der Waals surface area contributed by atoms with Crippen LogP contribution in [0.3, 0.4) is 0 Å². The fourth-order valence-electron chi connectivity index (χ4n) is 3.54. The van der Waals surface area contributed by atoms with Crippen LogP contribution in [0.25, 0.3) is 0 Å². The average molecular weight is 329 g/mol. The molecule has 0 aliphatic carbocycles. The molecule has 1 aliphatic rings. The molecule has 0 spiro atoms. The number of hydrogen-bond donors (Lipinski definition) is 1. The summed E-state index contributed by atoms with van der Waals surface area (Å²) >= 11 is 0. The molecule has 24 heavy (non-hydrogen) atoms. The van der Waals surface area contributed by atoms with Crippen LogP contribution in [0.5, 0.6) is 5.75 Å². The average Bonchev–Trinajstić information content (AvgIpc) is 2.60. The van der Waals surface area contributed by atoms with Gasteiger partial charge in [0.2, 0.25) is 5.95 Å². The highest BCUT2D eigenvalue weighted by atomic mass is 19.1. The van der Waals surface area contributed by atoms with Gasteiger partial charge in [0.15, 0.2) is 0 Å². The zero-order chi connectivity index (χ0) is 16.9. The predicted octanol–water partition coefficient (Wildman–Crippen LogP) is 3.72. The summed E-state index contributed by atoms with van der Waals surface area (Å²) in [6.45, 7) is 1.86. The summed E-state index contributed by atoms with van der Waals surface area (Å²) in [5.41, 5.74) is 1.29. The Kier molecular flexibility index (Phi) is 5.30. The second kappa shape index (κ2) is 7.62.